The van der Waals surface area contributed by atoms with Gasteiger partial charge in [0.1, 0.15) is 5.52 Å². The van der Waals surface area contributed by atoms with Crippen molar-refractivity contribution in [1.82, 2.24) is 14.5 Å². The van der Waals surface area contributed by atoms with E-state index in [4.69, 9.17) is 0 Å². The van der Waals surface area contributed by atoms with Crippen LogP contribution in [-0.2, 0) is 13.6 Å². The van der Waals surface area contributed by atoms with Crippen LogP contribution in [0.3, 0.4) is 0 Å². The van der Waals surface area contributed by atoms with Crippen molar-refractivity contribution in [3.05, 3.63) is 40.5 Å². The van der Waals surface area contributed by atoms with E-state index in [1.54, 1.807) is 11.3 Å². The van der Waals surface area contributed by atoms with E-state index in [1.807, 2.05) is 30.2 Å². The Hall–Kier alpha value is -1.88. The monoisotopic (exact) mass is 258 g/mol. The number of thiophene rings is 1. The molecule has 0 fully saturated rings. The zero-order valence-corrected chi connectivity index (χ0v) is 11.2. The Kier molecular flexibility index (Phi) is 2.76. The summed E-state index contributed by atoms with van der Waals surface area (Å²) in [5, 5.41) is 5.48. The standard InChI is InChI=1S/C13H14N4S/c1-9-4-6-18-11(9)7-15-13-12-10(3-5-14-13)17(2)8-16-12/h3-6,8H,7H2,1-2H3,(H,14,15). The number of aryl methyl sites for hydroxylation is 2. The number of anilines is 1. The third-order valence-corrected chi connectivity index (χ3v) is 4.05. The molecule has 0 spiro atoms. The Morgan fingerprint density at radius 2 is 2.22 bits per heavy atom. The number of imidazole rings is 1. The van der Waals surface area contributed by atoms with Gasteiger partial charge < -0.3 is 9.88 Å². The van der Waals surface area contributed by atoms with Crippen LogP contribution in [0.4, 0.5) is 5.82 Å². The van der Waals surface area contributed by atoms with E-state index < -0.39 is 0 Å². The van der Waals surface area contributed by atoms with Gasteiger partial charge in [-0.1, -0.05) is 0 Å². The second-order valence-electron chi connectivity index (χ2n) is 4.26. The molecule has 0 bridgehead atoms. The van der Waals surface area contributed by atoms with Crippen LogP contribution in [0.5, 0.6) is 0 Å². The number of fused-ring (bicyclic) bond motifs is 1. The van der Waals surface area contributed by atoms with Gasteiger partial charge >= 0.3 is 0 Å². The van der Waals surface area contributed by atoms with Gasteiger partial charge in [-0.2, -0.15) is 0 Å². The van der Waals surface area contributed by atoms with Crippen molar-refractivity contribution in [3.8, 4) is 0 Å². The summed E-state index contributed by atoms with van der Waals surface area (Å²) in [5.74, 6) is 0.848. The summed E-state index contributed by atoms with van der Waals surface area (Å²) < 4.78 is 2.00. The molecule has 3 heterocycles. The lowest BCUT2D eigenvalue weighted by Gasteiger charge is -2.05. The van der Waals surface area contributed by atoms with Gasteiger partial charge in [0.15, 0.2) is 5.82 Å². The molecule has 0 aliphatic carbocycles. The third kappa shape index (κ3) is 1.86. The van der Waals surface area contributed by atoms with Crippen molar-refractivity contribution in [2.24, 2.45) is 7.05 Å². The number of pyridine rings is 1. The van der Waals surface area contributed by atoms with Crippen LogP contribution in [0, 0.1) is 6.92 Å². The Labute approximate surface area is 109 Å². The second-order valence-corrected chi connectivity index (χ2v) is 5.26. The predicted octanol–water partition coefficient (Wildman–Crippen LogP) is 2.95. The average Bonchev–Trinajstić information content (AvgIpc) is 2.95. The first-order valence-electron chi connectivity index (χ1n) is 5.78. The topological polar surface area (TPSA) is 42.7 Å². The molecule has 1 N–H and O–H groups in total. The van der Waals surface area contributed by atoms with Crippen molar-refractivity contribution < 1.29 is 0 Å². The summed E-state index contributed by atoms with van der Waals surface area (Å²) in [7, 11) is 1.99. The van der Waals surface area contributed by atoms with Gasteiger partial charge in [0.05, 0.1) is 18.4 Å². The minimum Gasteiger partial charge on any atom is -0.363 e. The predicted molar refractivity (Wildman–Crippen MR) is 74.9 cm³/mol. The Bertz CT molecular complexity index is 683. The van der Waals surface area contributed by atoms with Crippen molar-refractivity contribution in [3.63, 3.8) is 0 Å². The second kappa shape index (κ2) is 4.42. The maximum Gasteiger partial charge on any atom is 0.154 e. The lowest BCUT2D eigenvalue weighted by atomic mass is 10.3. The van der Waals surface area contributed by atoms with Crippen molar-refractivity contribution in [2.75, 3.05) is 5.32 Å². The maximum atomic E-state index is 4.38. The van der Waals surface area contributed by atoms with Gasteiger partial charge in [0.25, 0.3) is 0 Å². The number of rotatable bonds is 3. The van der Waals surface area contributed by atoms with Gasteiger partial charge in [-0.15, -0.1) is 11.3 Å². The zero-order valence-electron chi connectivity index (χ0n) is 10.3. The van der Waals surface area contributed by atoms with E-state index in [1.165, 1.54) is 10.4 Å². The van der Waals surface area contributed by atoms with Gasteiger partial charge in [0.2, 0.25) is 0 Å². The first kappa shape index (κ1) is 11.2. The molecule has 0 unspecified atom stereocenters. The number of hydrogen-bond acceptors (Lipinski definition) is 4. The molecule has 3 rings (SSSR count). The molecular weight excluding hydrogens is 244 g/mol. The number of aromatic nitrogens is 3. The molecule has 0 saturated heterocycles. The fraction of sp³-hybridized carbons (Fsp3) is 0.231. The van der Waals surface area contributed by atoms with Gasteiger partial charge in [-0.3, -0.25) is 0 Å². The minimum absolute atomic E-state index is 0.798. The third-order valence-electron chi connectivity index (χ3n) is 3.03. The van der Waals surface area contributed by atoms with Crippen LogP contribution in [0.15, 0.2) is 30.0 Å². The molecule has 5 heteroatoms. The summed E-state index contributed by atoms with van der Waals surface area (Å²) in [6.45, 7) is 2.93. The molecule has 0 amide bonds. The molecular formula is C13H14N4S. The molecule has 4 nitrogen and oxygen atoms in total. The summed E-state index contributed by atoms with van der Waals surface area (Å²) >= 11 is 1.76. The Morgan fingerprint density at radius 3 is 3.00 bits per heavy atom. The van der Waals surface area contributed by atoms with Gasteiger partial charge in [0, 0.05) is 18.1 Å². The average molecular weight is 258 g/mol. The lowest BCUT2D eigenvalue weighted by Crippen LogP contribution is -2.01. The molecule has 0 atom stereocenters. The first-order valence-corrected chi connectivity index (χ1v) is 6.66. The van der Waals surface area contributed by atoms with Crippen LogP contribution in [0.1, 0.15) is 10.4 Å². The molecule has 18 heavy (non-hydrogen) atoms. The fourth-order valence-electron chi connectivity index (χ4n) is 1.94. The summed E-state index contributed by atoms with van der Waals surface area (Å²) in [5.41, 5.74) is 3.34. The highest BCUT2D eigenvalue weighted by molar-refractivity contribution is 7.10. The molecule has 3 aromatic rings. The normalized spacial score (nSPS) is 11.0. The van der Waals surface area contributed by atoms with Crippen LogP contribution in [0.2, 0.25) is 0 Å². The van der Waals surface area contributed by atoms with Crippen molar-refractivity contribution >= 4 is 28.2 Å². The highest BCUT2D eigenvalue weighted by Gasteiger charge is 2.07. The van der Waals surface area contributed by atoms with Crippen LogP contribution in [0.25, 0.3) is 11.0 Å². The SMILES string of the molecule is Cc1ccsc1CNc1nccc2c1ncn2C. The maximum absolute atomic E-state index is 4.38. The highest BCUT2D eigenvalue weighted by atomic mass is 32.1. The summed E-state index contributed by atoms with van der Waals surface area (Å²) in [6.07, 6.45) is 3.63. The number of hydrogen-bond donors (Lipinski definition) is 1. The summed E-state index contributed by atoms with van der Waals surface area (Å²) in [6, 6.07) is 4.11. The Morgan fingerprint density at radius 1 is 1.33 bits per heavy atom. The molecule has 0 aliphatic rings. The molecule has 0 aliphatic heterocycles. The van der Waals surface area contributed by atoms with Crippen molar-refractivity contribution in [1.29, 1.82) is 0 Å². The molecule has 0 radical (unpaired) electrons. The largest absolute Gasteiger partial charge is 0.363 e. The molecule has 3 aromatic heterocycles. The van der Waals surface area contributed by atoms with Crippen LogP contribution in [-0.4, -0.2) is 14.5 Å². The molecule has 0 saturated carbocycles. The van der Waals surface area contributed by atoms with E-state index in [9.17, 15) is 0 Å². The van der Waals surface area contributed by atoms with Gasteiger partial charge in [-0.05, 0) is 30.0 Å². The fourth-order valence-corrected chi connectivity index (χ4v) is 2.79. The summed E-state index contributed by atoms with van der Waals surface area (Å²) in [4.78, 5) is 10.1. The minimum atomic E-state index is 0.798. The number of nitrogens with one attached hydrogen (secondary N) is 1. The van der Waals surface area contributed by atoms with E-state index in [-0.39, 0.29) is 0 Å². The zero-order chi connectivity index (χ0) is 12.5. The first-order chi connectivity index (χ1) is 8.75. The molecule has 0 aromatic carbocycles. The van der Waals surface area contributed by atoms with Crippen molar-refractivity contribution in [2.45, 2.75) is 13.5 Å². The van der Waals surface area contributed by atoms with Crippen LogP contribution < -0.4 is 5.32 Å². The van der Waals surface area contributed by atoms with Crippen LogP contribution >= 0.6 is 11.3 Å². The highest BCUT2D eigenvalue weighted by Crippen LogP contribution is 2.21. The smallest absolute Gasteiger partial charge is 0.154 e. The lowest BCUT2D eigenvalue weighted by molar-refractivity contribution is 0.947. The van der Waals surface area contributed by atoms with E-state index in [2.05, 4.69) is 33.7 Å². The van der Waals surface area contributed by atoms with E-state index in [0.29, 0.717) is 0 Å². The van der Waals surface area contributed by atoms with Gasteiger partial charge in [-0.25, -0.2) is 9.97 Å². The van der Waals surface area contributed by atoms with E-state index in [0.717, 1.165) is 23.4 Å². The quantitative estimate of drug-likeness (QED) is 0.785. The Balaban J connectivity index is 1.89. The van der Waals surface area contributed by atoms with E-state index >= 15 is 0 Å². The molecule has 92 valence electrons. The number of nitrogens with zero attached hydrogens (tertiary/aromatic N) is 3.